The highest BCUT2D eigenvalue weighted by Crippen LogP contribution is 2.58. The molecule has 104 valence electrons. The number of hydrogen-bond donors (Lipinski definition) is 2. The van der Waals surface area contributed by atoms with E-state index in [-0.39, 0.29) is 5.91 Å². The van der Waals surface area contributed by atoms with E-state index in [4.69, 9.17) is 5.11 Å². The van der Waals surface area contributed by atoms with E-state index in [1.807, 2.05) is 33.2 Å². The van der Waals surface area contributed by atoms with Gasteiger partial charge in [-0.1, -0.05) is 13.8 Å². The molecule has 1 aliphatic rings. The van der Waals surface area contributed by atoms with Crippen LogP contribution in [0.5, 0.6) is 0 Å². The molecule has 0 aliphatic heterocycles. The van der Waals surface area contributed by atoms with E-state index in [0.717, 1.165) is 5.69 Å². The summed E-state index contributed by atoms with van der Waals surface area (Å²) in [6.45, 7) is 4.11. The first kappa shape index (κ1) is 13.6. The van der Waals surface area contributed by atoms with Gasteiger partial charge >= 0.3 is 5.97 Å². The third kappa shape index (κ3) is 2.62. The summed E-state index contributed by atoms with van der Waals surface area (Å²) in [6.07, 6.45) is 2.50. The van der Waals surface area contributed by atoms with Gasteiger partial charge in [-0.15, -0.1) is 0 Å². The standard InChI is InChI=1S/C13H19N3O3/c1-13(2)9(10(13)12(18)19)11(17)14-6-4-8-5-7-16(3)15-8/h5,7,9-10H,4,6H2,1-3H3,(H,14,17)(H,18,19)/t9-,10+/m1/s1. The molecule has 0 saturated heterocycles. The van der Waals surface area contributed by atoms with Crippen LogP contribution in [0.2, 0.25) is 0 Å². The van der Waals surface area contributed by atoms with Crippen molar-refractivity contribution >= 4 is 11.9 Å². The van der Waals surface area contributed by atoms with Gasteiger partial charge in [0.2, 0.25) is 5.91 Å². The minimum atomic E-state index is -0.894. The monoisotopic (exact) mass is 265 g/mol. The van der Waals surface area contributed by atoms with Crippen molar-refractivity contribution in [3.8, 4) is 0 Å². The predicted octanol–water partition coefficient (Wildman–Crippen LogP) is 0.436. The number of aromatic nitrogens is 2. The number of aliphatic carboxylic acids is 1. The lowest BCUT2D eigenvalue weighted by molar-refractivity contribution is -0.140. The normalized spacial score (nSPS) is 23.9. The zero-order chi connectivity index (χ0) is 14.2. The fraction of sp³-hybridized carbons (Fsp3) is 0.615. The SMILES string of the molecule is Cn1ccc(CCNC(=O)[C@H]2[C@@H](C(=O)O)C2(C)C)n1. The van der Waals surface area contributed by atoms with Gasteiger partial charge in [-0.3, -0.25) is 14.3 Å². The number of carboxylic acid groups (broad SMARTS) is 1. The maximum atomic E-state index is 11.9. The molecule has 1 heterocycles. The minimum Gasteiger partial charge on any atom is -0.481 e. The van der Waals surface area contributed by atoms with Crippen molar-refractivity contribution in [1.82, 2.24) is 15.1 Å². The van der Waals surface area contributed by atoms with Crippen molar-refractivity contribution in [3.63, 3.8) is 0 Å². The Labute approximate surface area is 111 Å². The molecule has 1 aromatic rings. The van der Waals surface area contributed by atoms with Crippen molar-refractivity contribution in [1.29, 1.82) is 0 Å². The van der Waals surface area contributed by atoms with Gasteiger partial charge in [0.15, 0.2) is 0 Å². The van der Waals surface area contributed by atoms with Crippen LogP contribution in [0.1, 0.15) is 19.5 Å². The Hall–Kier alpha value is -1.85. The van der Waals surface area contributed by atoms with Crippen molar-refractivity contribution in [2.75, 3.05) is 6.54 Å². The topological polar surface area (TPSA) is 84.2 Å². The third-order valence-corrected chi connectivity index (χ3v) is 3.83. The molecular formula is C13H19N3O3. The average molecular weight is 265 g/mol. The van der Waals surface area contributed by atoms with E-state index in [1.165, 1.54) is 0 Å². The molecule has 0 bridgehead atoms. The van der Waals surface area contributed by atoms with E-state index >= 15 is 0 Å². The smallest absolute Gasteiger partial charge is 0.307 e. The van der Waals surface area contributed by atoms with Crippen LogP contribution in [0, 0.1) is 17.3 Å². The Morgan fingerprint density at radius 2 is 2.16 bits per heavy atom. The fourth-order valence-electron chi connectivity index (χ4n) is 2.61. The molecule has 6 nitrogen and oxygen atoms in total. The second-order valence-electron chi connectivity index (χ2n) is 5.64. The third-order valence-electron chi connectivity index (χ3n) is 3.83. The average Bonchev–Trinajstić information content (AvgIpc) is 2.65. The molecular weight excluding hydrogens is 246 g/mol. The number of rotatable bonds is 5. The number of carboxylic acids is 1. The molecule has 0 unspecified atom stereocenters. The number of nitrogens with one attached hydrogen (secondary N) is 1. The van der Waals surface area contributed by atoms with E-state index in [9.17, 15) is 9.59 Å². The Kier molecular flexibility index (Phi) is 3.34. The van der Waals surface area contributed by atoms with Crippen LogP contribution in [0.3, 0.4) is 0 Å². The Morgan fingerprint density at radius 1 is 1.47 bits per heavy atom. The Balaban J connectivity index is 1.81. The van der Waals surface area contributed by atoms with Gasteiger partial charge in [0.1, 0.15) is 0 Å². The summed E-state index contributed by atoms with van der Waals surface area (Å²) in [4.78, 5) is 22.9. The molecule has 2 rings (SSSR count). The molecule has 19 heavy (non-hydrogen) atoms. The lowest BCUT2D eigenvalue weighted by Crippen LogP contribution is -2.29. The second-order valence-corrected chi connectivity index (χ2v) is 5.64. The zero-order valence-electron chi connectivity index (χ0n) is 11.4. The molecule has 1 aliphatic carbocycles. The molecule has 2 atom stereocenters. The van der Waals surface area contributed by atoms with E-state index in [1.54, 1.807) is 4.68 Å². The Morgan fingerprint density at radius 3 is 2.63 bits per heavy atom. The minimum absolute atomic E-state index is 0.173. The van der Waals surface area contributed by atoms with E-state index < -0.39 is 23.2 Å². The summed E-state index contributed by atoms with van der Waals surface area (Å²) >= 11 is 0. The molecule has 1 aromatic heterocycles. The maximum Gasteiger partial charge on any atom is 0.307 e. The van der Waals surface area contributed by atoms with Gasteiger partial charge < -0.3 is 10.4 Å². The Bertz CT molecular complexity index is 507. The number of carbonyl (C=O) groups excluding carboxylic acids is 1. The van der Waals surface area contributed by atoms with Crippen LogP contribution in [0.25, 0.3) is 0 Å². The highest BCUT2D eigenvalue weighted by Gasteiger charge is 2.65. The fourth-order valence-corrected chi connectivity index (χ4v) is 2.61. The summed E-state index contributed by atoms with van der Waals surface area (Å²) in [7, 11) is 1.84. The zero-order valence-corrected chi connectivity index (χ0v) is 11.4. The summed E-state index contributed by atoms with van der Waals surface area (Å²) < 4.78 is 1.71. The van der Waals surface area contributed by atoms with Crippen LogP contribution in [-0.4, -0.2) is 33.3 Å². The van der Waals surface area contributed by atoms with Crippen molar-refractivity contribution in [2.24, 2.45) is 24.3 Å². The first-order chi connectivity index (χ1) is 8.84. The highest BCUT2D eigenvalue weighted by molar-refractivity contribution is 5.91. The lowest BCUT2D eigenvalue weighted by atomic mass is 10.1. The summed E-state index contributed by atoms with van der Waals surface area (Å²) in [5.41, 5.74) is 0.466. The molecule has 0 spiro atoms. The quantitative estimate of drug-likeness (QED) is 0.809. The number of hydrogen-bond acceptors (Lipinski definition) is 3. The van der Waals surface area contributed by atoms with Gasteiger partial charge in [0, 0.05) is 26.2 Å². The van der Waals surface area contributed by atoms with E-state index in [2.05, 4.69) is 10.4 Å². The first-order valence-corrected chi connectivity index (χ1v) is 6.33. The van der Waals surface area contributed by atoms with Crippen LogP contribution in [-0.2, 0) is 23.1 Å². The molecule has 1 amide bonds. The van der Waals surface area contributed by atoms with Crippen LogP contribution >= 0.6 is 0 Å². The second kappa shape index (κ2) is 4.68. The number of amides is 1. The highest BCUT2D eigenvalue weighted by atomic mass is 16.4. The van der Waals surface area contributed by atoms with Crippen molar-refractivity contribution in [2.45, 2.75) is 20.3 Å². The number of nitrogens with zero attached hydrogens (tertiary/aromatic N) is 2. The maximum absolute atomic E-state index is 11.9. The summed E-state index contributed by atoms with van der Waals surface area (Å²) in [5, 5.41) is 16.0. The van der Waals surface area contributed by atoms with Gasteiger partial charge in [-0.2, -0.15) is 5.10 Å². The largest absolute Gasteiger partial charge is 0.481 e. The molecule has 1 saturated carbocycles. The first-order valence-electron chi connectivity index (χ1n) is 6.33. The molecule has 0 aromatic carbocycles. The van der Waals surface area contributed by atoms with Gasteiger partial charge in [0.25, 0.3) is 0 Å². The van der Waals surface area contributed by atoms with Crippen molar-refractivity contribution in [3.05, 3.63) is 18.0 Å². The summed E-state index contributed by atoms with van der Waals surface area (Å²) in [5.74, 6) is -2.06. The molecule has 0 radical (unpaired) electrons. The van der Waals surface area contributed by atoms with Gasteiger partial charge in [-0.05, 0) is 11.5 Å². The molecule has 1 fully saturated rings. The van der Waals surface area contributed by atoms with Crippen molar-refractivity contribution < 1.29 is 14.7 Å². The number of carbonyl (C=O) groups is 2. The van der Waals surface area contributed by atoms with Gasteiger partial charge in [0.05, 0.1) is 17.5 Å². The molecule has 6 heteroatoms. The predicted molar refractivity (Wildman–Crippen MR) is 68.3 cm³/mol. The van der Waals surface area contributed by atoms with E-state index in [0.29, 0.717) is 13.0 Å². The van der Waals surface area contributed by atoms with Crippen LogP contribution in [0.4, 0.5) is 0 Å². The molecule has 2 N–H and O–H groups in total. The van der Waals surface area contributed by atoms with Crippen LogP contribution in [0.15, 0.2) is 12.3 Å². The van der Waals surface area contributed by atoms with Gasteiger partial charge in [-0.25, -0.2) is 0 Å². The van der Waals surface area contributed by atoms with Crippen LogP contribution < -0.4 is 5.32 Å². The number of aryl methyl sites for hydroxylation is 1. The lowest BCUT2D eigenvalue weighted by Gasteiger charge is -2.04. The summed E-state index contributed by atoms with van der Waals surface area (Å²) in [6, 6.07) is 1.90.